The Morgan fingerprint density at radius 1 is 1.22 bits per heavy atom. The number of aryl methyl sites for hydroxylation is 1. The van der Waals surface area contributed by atoms with Crippen LogP contribution in [0, 0.1) is 0 Å². The highest BCUT2D eigenvalue weighted by atomic mass is 16.3. The summed E-state index contributed by atoms with van der Waals surface area (Å²) in [6.45, 7) is 2.13. The van der Waals surface area contributed by atoms with Crippen LogP contribution in [0.3, 0.4) is 0 Å². The van der Waals surface area contributed by atoms with E-state index in [1.165, 1.54) is 12.0 Å². The second-order valence-corrected chi connectivity index (χ2v) is 6.58. The molecule has 120 valence electrons. The molecule has 2 aliphatic rings. The summed E-state index contributed by atoms with van der Waals surface area (Å²) in [6.07, 6.45) is 4.44. The molecule has 2 aliphatic heterocycles. The summed E-state index contributed by atoms with van der Waals surface area (Å²) in [6, 6.07) is 13.1. The maximum absolute atomic E-state index is 12.4. The van der Waals surface area contributed by atoms with Crippen molar-refractivity contribution in [2.24, 2.45) is 0 Å². The largest absolute Gasteiger partial charge is 0.451 e. The van der Waals surface area contributed by atoms with Crippen molar-refractivity contribution in [2.75, 3.05) is 0 Å². The third-order valence-electron chi connectivity index (χ3n) is 5.09. The number of amides is 1. The molecule has 1 amide bonds. The van der Waals surface area contributed by atoms with E-state index in [1.54, 1.807) is 6.07 Å². The van der Waals surface area contributed by atoms with E-state index in [2.05, 4.69) is 29.7 Å². The maximum atomic E-state index is 12.4. The number of nitrogens with one attached hydrogen (secondary N) is 2. The molecule has 23 heavy (non-hydrogen) atoms. The number of hydrogen-bond acceptors (Lipinski definition) is 3. The van der Waals surface area contributed by atoms with Crippen LogP contribution in [0.15, 0.2) is 40.8 Å². The number of hydrogen-bond donors (Lipinski definition) is 2. The van der Waals surface area contributed by atoms with Gasteiger partial charge in [0.05, 0.1) is 0 Å². The molecule has 2 fully saturated rings. The van der Waals surface area contributed by atoms with Crippen molar-refractivity contribution in [2.45, 2.75) is 50.7 Å². The van der Waals surface area contributed by atoms with Crippen LogP contribution in [0.5, 0.6) is 0 Å². The minimum atomic E-state index is -0.110. The normalized spacial score (nSPS) is 25.7. The third-order valence-corrected chi connectivity index (χ3v) is 5.09. The van der Waals surface area contributed by atoms with Crippen molar-refractivity contribution in [3.05, 3.63) is 47.7 Å². The SMILES string of the molecule is CCc1ccc(-c2ccc(C(=O)NC3CC4CCC3N4)o2)cc1. The molecule has 3 atom stereocenters. The van der Waals surface area contributed by atoms with Gasteiger partial charge < -0.3 is 15.1 Å². The highest BCUT2D eigenvalue weighted by molar-refractivity contribution is 5.92. The van der Waals surface area contributed by atoms with Gasteiger partial charge in [0.25, 0.3) is 5.91 Å². The Morgan fingerprint density at radius 2 is 2.04 bits per heavy atom. The maximum Gasteiger partial charge on any atom is 0.287 e. The highest BCUT2D eigenvalue weighted by Gasteiger charge is 2.39. The molecule has 0 aliphatic carbocycles. The molecule has 4 nitrogen and oxygen atoms in total. The third kappa shape index (κ3) is 2.79. The van der Waals surface area contributed by atoms with E-state index in [4.69, 9.17) is 4.42 Å². The van der Waals surface area contributed by atoms with Crippen LogP contribution < -0.4 is 10.6 Å². The van der Waals surface area contributed by atoms with Gasteiger partial charge >= 0.3 is 0 Å². The van der Waals surface area contributed by atoms with E-state index >= 15 is 0 Å². The van der Waals surface area contributed by atoms with E-state index in [-0.39, 0.29) is 11.9 Å². The first-order chi connectivity index (χ1) is 11.2. The number of fused-ring (bicyclic) bond motifs is 2. The fraction of sp³-hybridized carbons (Fsp3) is 0.421. The topological polar surface area (TPSA) is 54.3 Å². The molecule has 2 N–H and O–H groups in total. The van der Waals surface area contributed by atoms with E-state index in [0.717, 1.165) is 30.6 Å². The van der Waals surface area contributed by atoms with Gasteiger partial charge in [-0.05, 0) is 43.4 Å². The molecule has 2 aromatic rings. The van der Waals surface area contributed by atoms with Crippen LogP contribution >= 0.6 is 0 Å². The number of carbonyl (C=O) groups is 1. The predicted molar refractivity (Wildman–Crippen MR) is 89.3 cm³/mol. The van der Waals surface area contributed by atoms with Gasteiger partial charge in [-0.25, -0.2) is 0 Å². The Balaban J connectivity index is 1.45. The molecule has 3 unspecified atom stereocenters. The van der Waals surface area contributed by atoms with Crippen molar-refractivity contribution in [3.63, 3.8) is 0 Å². The van der Waals surface area contributed by atoms with Crippen LogP contribution in [0.1, 0.15) is 42.3 Å². The van der Waals surface area contributed by atoms with E-state index < -0.39 is 0 Å². The summed E-state index contributed by atoms with van der Waals surface area (Å²) in [5.74, 6) is 1.02. The lowest BCUT2D eigenvalue weighted by Crippen LogP contribution is -2.42. The molecular weight excluding hydrogens is 288 g/mol. The molecule has 4 heteroatoms. The van der Waals surface area contributed by atoms with Crippen molar-refractivity contribution in [3.8, 4) is 11.3 Å². The standard InChI is InChI=1S/C19H22N2O2/c1-2-12-3-5-13(6-4-12)17-9-10-18(23-17)19(22)21-16-11-14-7-8-15(16)20-14/h3-6,9-10,14-16,20H,2,7-8,11H2,1H3,(H,21,22). The van der Waals surface area contributed by atoms with Gasteiger partial charge in [0, 0.05) is 23.7 Å². The van der Waals surface area contributed by atoms with Crippen molar-refractivity contribution < 1.29 is 9.21 Å². The highest BCUT2D eigenvalue weighted by Crippen LogP contribution is 2.29. The lowest BCUT2D eigenvalue weighted by atomic mass is 9.95. The van der Waals surface area contributed by atoms with Gasteiger partial charge in [-0.2, -0.15) is 0 Å². The smallest absolute Gasteiger partial charge is 0.287 e. The van der Waals surface area contributed by atoms with Gasteiger partial charge in [-0.1, -0.05) is 31.2 Å². The second kappa shape index (κ2) is 5.85. The molecule has 4 rings (SSSR count). The summed E-state index contributed by atoms with van der Waals surface area (Å²) in [5.41, 5.74) is 2.30. The number of rotatable bonds is 4. The Bertz CT molecular complexity index is 704. The summed E-state index contributed by atoms with van der Waals surface area (Å²) < 4.78 is 5.76. The zero-order chi connectivity index (χ0) is 15.8. The van der Waals surface area contributed by atoms with Gasteiger partial charge in [-0.3, -0.25) is 4.79 Å². The first kappa shape index (κ1) is 14.5. The molecule has 2 saturated heterocycles. The Kier molecular flexibility index (Phi) is 3.69. The van der Waals surface area contributed by atoms with E-state index in [0.29, 0.717) is 17.8 Å². The Morgan fingerprint density at radius 3 is 2.70 bits per heavy atom. The summed E-state index contributed by atoms with van der Waals surface area (Å²) >= 11 is 0. The zero-order valence-electron chi connectivity index (χ0n) is 13.3. The summed E-state index contributed by atoms with van der Waals surface area (Å²) in [7, 11) is 0. The first-order valence-corrected chi connectivity index (χ1v) is 8.49. The number of carbonyl (C=O) groups excluding carboxylic acids is 1. The lowest BCUT2D eigenvalue weighted by molar-refractivity contribution is 0.0903. The molecule has 3 heterocycles. The quantitative estimate of drug-likeness (QED) is 0.912. The summed E-state index contributed by atoms with van der Waals surface area (Å²) in [5, 5.41) is 6.65. The molecule has 1 aromatic carbocycles. The van der Waals surface area contributed by atoms with Crippen LogP contribution in [-0.2, 0) is 6.42 Å². The predicted octanol–water partition coefficient (Wildman–Crippen LogP) is 3.13. The monoisotopic (exact) mass is 310 g/mol. The van der Waals surface area contributed by atoms with E-state index in [1.807, 2.05) is 18.2 Å². The molecule has 1 aromatic heterocycles. The van der Waals surface area contributed by atoms with Gasteiger partial charge in [0.2, 0.25) is 0 Å². The van der Waals surface area contributed by atoms with Crippen LogP contribution in [0.4, 0.5) is 0 Å². The van der Waals surface area contributed by atoms with Crippen LogP contribution in [-0.4, -0.2) is 24.0 Å². The van der Waals surface area contributed by atoms with E-state index in [9.17, 15) is 4.79 Å². The molecule has 0 saturated carbocycles. The second-order valence-electron chi connectivity index (χ2n) is 6.58. The average Bonchev–Trinajstić information content (AvgIpc) is 3.31. The molecule has 2 bridgehead atoms. The molecule has 0 radical (unpaired) electrons. The lowest BCUT2D eigenvalue weighted by Gasteiger charge is -2.20. The van der Waals surface area contributed by atoms with Crippen LogP contribution in [0.25, 0.3) is 11.3 Å². The van der Waals surface area contributed by atoms with Crippen molar-refractivity contribution in [1.82, 2.24) is 10.6 Å². The Hall–Kier alpha value is -2.07. The molecular formula is C19H22N2O2. The van der Waals surface area contributed by atoms with Crippen molar-refractivity contribution in [1.29, 1.82) is 0 Å². The first-order valence-electron chi connectivity index (χ1n) is 8.49. The van der Waals surface area contributed by atoms with Crippen molar-refractivity contribution >= 4 is 5.91 Å². The summed E-state index contributed by atoms with van der Waals surface area (Å²) in [4.78, 5) is 12.4. The Labute approximate surface area is 136 Å². The van der Waals surface area contributed by atoms with Gasteiger partial charge in [-0.15, -0.1) is 0 Å². The fourth-order valence-corrected chi connectivity index (χ4v) is 3.74. The number of furan rings is 1. The molecule has 0 spiro atoms. The average molecular weight is 310 g/mol. The number of benzene rings is 1. The van der Waals surface area contributed by atoms with Crippen LogP contribution in [0.2, 0.25) is 0 Å². The van der Waals surface area contributed by atoms with Gasteiger partial charge in [0.15, 0.2) is 5.76 Å². The minimum absolute atomic E-state index is 0.110. The fourth-order valence-electron chi connectivity index (χ4n) is 3.74. The zero-order valence-corrected chi connectivity index (χ0v) is 13.3. The minimum Gasteiger partial charge on any atom is -0.451 e. The van der Waals surface area contributed by atoms with Gasteiger partial charge in [0.1, 0.15) is 5.76 Å².